The molecule has 75 heavy (non-hydrogen) atoms. The third-order valence-corrected chi connectivity index (χ3v) is 14.2. The van der Waals surface area contributed by atoms with Crippen molar-refractivity contribution in [3.63, 3.8) is 0 Å². The molecule has 0 rings (SSSR count). The van der Waals surface area contributed by atoms with Gasteiger partial charge in [0.05, 0.1) is 0 Å². The first kappa shape index (κ1) is 71.8. The molecule has 1 unspecified atom stereocenters. The highest BCUT2D eigenvalue weighted by atomic mass is 16.6. The zero-order valence-electron chi connectivity index (χ0n) is 49.8. The van der Waals surface area contributed by atoms with Gasteiger partial charge in [-0.25, -0.2) is 0 Å². The van der Waals surface area contributed by atoms with Gasteiger partial charge in [0.25, 0.3) is 0 Å². The lowest BCUT2D eigenvalue weighted by atomic mass is 10.0. The Bertz CT molecular complexity index is 1390. The quantitative estimate of drug-likeness (QED) is 0.0261. The van der Waals surface area contributed by atoms with Gasteiger partial charge in [-0.05, 0) is 89.9 Å². The molecule has 6 heteroatoms. The summed E-state index contributed by atoms with van der Waals surface area (Å²) in [7, 11) is 0. The molecule has 0 aromatic rings. The zero-order valence-corrected chi connectivity index (χ0v) is 49.8. The maximum absolute atomic E-state index is 12.9. The van der Waals surface area contributed by atoms with Crippen LogP contribution in [-0.4, -0.2) is 37.2 Å². The molecule has 0 aliphatic heterocycles. The van der Waals surface area contributed by atoms with Crippen LogP contribution in [0.5, 0.6) is 0 Å². The fourth-order valence-electron chi connectivity index (χ4n) is 9.35. The summed E-state index contributed by atoms with van der Waals surface area (Å²) in [5, 5.41) is 0. The van der Waals surface area contributed by atoms with E-state index in [0.717, 1.165) is 96.3 Å². The summed E-state index contributed by atoms with van der Waals surface area (Å²) in [5.74, 6) is -0.868. The van der Waals surface area contributed by atoms with Crippen LogP contribution >= 0.6 is 0 Å². The average molecular weight is 1050 g/mol. The predicted octanol–water partition coefficient (Wildman–Crippen LogP) is 22.1. The van der Waals surface area contributed by atoms with Crippen molar-refractivity contribution in [3.8, 4) is 0 Å². The lowest BCUT2D eigenvalue weighted by molar-refractivity contribution is -0.167. The van der Waals surface area contributed by atoms with Gasteiger partial charge in [0.15, 0.2) is 6.10 Å². The van der Waals surface area contributed by atoms with Gasteiger partial charge < -0.3 is 14.2 Å². The van der Waals surface area contributed by atoms with Gasteiger partial charge in [0.1, 0.15) is 13.2 Å². The van der Waals surface area contributed by atoms with Crippen molar-refractivity contribution in [3.05, 3.63) is 72.9 Å². The fraction of sp³-hybridized carbons (Fsp3) is 0.783. The minimum Gasteiger partial charge on any atom is -0.462 e. The molecule has 0 radical (unpaired) electrons. The van der Waals surface area contributed by atoms with Gasteiger partial charge in [0, 0.05) is 19.3 Å². The summed E-state index contributed by atoms with van der Waals surface area (Å²) in [4.78, 5) is 38.3. The Morgan fingerprint density at radius 1 is 0.280 bits per heavy atom. The third-order valence-electron chi connectivity index (χ3n) is 14.2. The van der Waals surface area contributed by atoms with Gasteiger partial charge in [-0.15, -0.1) is 0 Å². The largest absolute Gasteiger partial charge is 0.462 e. The van der Waals surface area contributed by atoms with Crippen LogP contribution in [0, 0.1) is 0 Å². The molecule has 0 saturated heterocycles. The highest BCUT2D eigenvalue weighted by Gasteiger charge is 2.19. The molecule has 434 valence electrons. The minimum absolute atomic E-state index is 0.0744. The first-order valence-corrected chi connectivity index (χ1v) is 32.4. The van der Waals surface area contributed by atoms with E-state index >= 15 is 0 Å². The minimum atomic E-state index is -0.777. The van der Waals surface area contributed by atoms with Gasteiger partial charge in [0.2, 0.25) is 0 Å². The van der Waals surface area contributed by atoms with Crippen LogP contribution in [0.1, 0.15) is 329 Å². The number of hydrogen-bond donors (Lipinski definition) is 0. The van der Waals surface area contributed by atoms with Gasteiger partial charge in [-0.3, -0.25) is 14.4 Å². The molecule has 0 aliphatic carbocycles. The van der Waals surface area contributed by atoms with E-state index in [9.17, 15) is 14.4 Å². The smallest absolute Gasteiger partial charge is 0.306 e. The van der Waals surface area contributed by atoms with Crippen molar-refractivity contribution < 1.29 is 28.6 Å². The summed E-state index contributed by atoms with van der Waals surface area (Å²) >= 11 is 0. The number of rotatable bonds is 59. The zero-order chi connectivity index (χ0) is 54.3. The van der Waals surface area contributed by atoms with E-state index in [1.807, 2.05) is 0 Å². The van der Waals surface area contributed by atoms with E-state index in [-0.39, 0.29) is 31.1 Å². The molecule has 0 aliphatic rings. The number of hydrogen-bond acceptors (Lipinski definition) is 6. The Morgan fingerprint density at radius 2 is 0.520 bits per heavy atom. The predicted molar refractivity (Wildman–Crippen MR) is 325 cm³/mol. The maximum atomic E-state index is 12.9. The van der Waals surface area contributed by atoms with Crippen molar-refractivity contribution in [1.82, 2.24) is 0 Å². The van der Waals surface area contributed by atoms with Crippen LogP contribution < -0.4 is 0 Å². The Kier molecular flexibility index (Phi) is 60.7. The molecule has 0 N–H and O–H groups in total. The van der Waals surface area contributed by atoms with Gasteiger partial charge in [-0.1, -0.05) is 293 Å². The molecule has 0 saturated carbocycles. The van der Waals surface area contributed by atoms with Crippen molar-refractivity contribution >= 4 is 17.9 Å². The third kappa shape index (κ3) is 61.6. The lowest BCUT2D eigenvalue weighted by Crippen LogP contribution is -2.30. The Hall–Kier alpha value is -3.15. The highest BCUT2D eigenvalue weighted by Crippen LogP contribution is 2.17. The molecule has 0 spiro atoms. The molecular weight excluding hydrogens is 925 g/mol. The maximum Gasteiger partial charge on any atom is 0.306 e. The van der Waals surface area contributed by atoms with Crippen molar-refractivity contribution in [2.75, 3.05) is 13.2 Å². The molecule has 0 aromatic carbocycles. The first-order valence-electron chi connectivity index (χ1n) is 32.4. The van der Waals surface area contributed by atoms with Crippen LogP contribution in [0.15, 0.2) is 72.9 Å². The van der Waals surface area contributed by atoms with Crippen LogP contribution in [0.4, 0.5) is 0 Å². The number of unbranched alkanes of at least 4 members (excludes halogenated alkanes) is 36. The summed E-state index contributed by atoms with van der Waals surface area (Å²) in [6.07, 6.45) is 82.0. The second kappa shape index (κ2) is 63.4. The van der Waals surface area contributed by atoms with Crippen LogP contribution in [0.2, 0.25) is 0 Å². The second-order valence-corrected chi connectivity index (χ2v) is 21.6. The first-order chi connectivity index (χ1) is 37.0. The van der Waals surface area contributed by atoms with Crippen molar-refractivity contribution in [1.29, 1.82) is 0 Å². The van der Waals surface area contributed by atoms with Crippen LogP contribution in [-0.2, 0) is 28.6 Å². The Balaban J connectivity index is 4.21. The fourth-order valence-corrected chi connectivity index (χ4v) is 9.35. The monoisotopic (exact) mass is 1050 g/mol. The normalized spacial score (nSPS) is 12.5. The highest BCUT2D eigenvalue weighted by molar-refractivity contribution is 5.71. The van der Waals surface area contributed by atoms with E-state index in [2.05, 4.69) is 93.7 Å². The average Bonchev–Trinajstić information content (AvgIpc) is 3.41. The molecule has 0 aromatic heterocycles. The summed E-state index contributed by atoms with van der Waals surface area (Å²) in [6, 6.07) is 0. The summed E-state index contributed by atoms with van der Waals surface area (Å²) in [6.45, 7) is 6.55. The number of allylic oxidation sites excluding steroid dienone is 12. The lowest BCUT2D eigenvalue weighted by Gasteiger charge is -2.18. The molecule has 1 atom stereocenters. The Labute approximate surface area is 465 Å². The summed E-state index contributed by atoms with van der Waals surface area (Å²) in [5.41, 5.74) is 0. The standard InChI is InChI=1S/C69H122O6/c1-4-7-10-13-16-19-22-25-27-29-30-31-32-33-34-35-36-37-38-39-40-41-43-44-47-50-53-56-59-62-68(71)74-65-66(64-73-67(70)61-58-55-52-49-46-24-21-18-15-12-9-6-3)75-69(72)63-60-57-54-51-48-45-42-28-26-23-20-17-14-11-8-5-2/h7,10,16,19,25,27-28,30-31,33-34,42,66H,4-6,8-9,11-15,17-18,20-24,26,29,32,35-41,43-65H2,1-3H3/b10-7-,19-16-,27-25-,31-30-,34-33-,42-28-. The van der Waals surface area contributed by atoms with Gasteiger partial charge in [-0.2, -0.15) is 0 Å². The number of carbonyl (C=O) groups excluding carboxylic acids is 3. The van der Waals surface area contributed by atoms with Crippen molar-refractivity contribution in [2.45, 2.75) is 335 Å². The van der Waals surface area contributed by atoms with Gasteiger partial charge >= 0.3 is 17.9 Å². The van der Waals surface area contributed by atoms with Crippen LogP contribution in [0.3, 0.4) is 0 Å². The topological polar surface area (TPSA) is 78.9 Å². The SMILES string of the molecule is CC/C=C\C/C=C\C/C=C\C/C=C\C/C=C\CCCCCCCCCCCCCCCC(=O)OCC(COC(=O)CCCCCCCCCCCCCC)OC(=O)CCCCCCC/C=C\CCCCCCCCC. The van der Waals surface area contributed by atoms with E-state index in [4.69, 9.17) is 14.2 Å². The molecule has 0 bridgehead atoms. The molecule has 0 amide bonds. The molecule has 0 heterocycles. The Morgan fingerprint density at radius 3 is 0.827 bits per heavy atom. The van der Waals surface area contributed by atoms with E-state index in [0.29, 0.717) is 19.3 Å². The van der Waals surface area contributed by atoms with E-state index in [1.54, 1.807) is 0 Å². The van der Waals surface area contributed by atoms with Crippen LogP contribution in [0.25, 0.3) is 0 Å². The number of carbonyl (C=O) groups is 3. The van der Waals surface area contributed by atoms with Crippen molar-refractivity contribution in [2.24, 2.45) is 0 Å². The molecular formula is C69H122O6. The summed E-state index contributed by atoms with van der Waals surface area (Å²) < 4.78 is 16.9. The van der Waals surface area contributed by atoms with E-state index < -0.39 is 6.10 Å². The molecule has 0 fully saturated rings. The number of esters is 3. The second-order valence-electron chi connectivity index (χ2n) is 21.6. The number of ether oxygens (including phenoxy) is 3. The molecule has 6 nitrogen and oxygen atoms in total. The van der Waals surface area contributed by atoms with E-state index in [1.165, 1.54) is 193 Å².